The van der Waals surface area contributed by atoms with Crippen molar-refractivity contribution < 1.29 is 23.0 Å². The number of aromatic nitrogens is 4. The summed E-state index contributed by atoms with van der Waals surface area (Å²) in [7, 11) is -3.45. The second-order valence-corrected chi connectivity index (χ2v) is 14.0. The molecule has 6 rings (SSSR count). The number of rotatable bonds is 5. The Kier molecular flexibility index (Phi) is 15.0. The van der Waals surface area contributed by atoms with Gasteiger partial charge in [-0.25, -0.2) is 23.4 Å². The topological polar surface area (TPSA) is 195 Å². The fraction of sp³-hybridized carbons (Fsp3) is 0.704. The Labute approximate surface area is 280 Å². The molecule has 4 atom stereocenters. The lowest BCUT2D eigenvalue weighted by Gasteiger charge is -2.28. The number of aliphatic hydroxyl groups excluding tert-OH is 1. The van der Waals surface area contributed by atoms with Gasteiger partial charge in [0.05, 0.1) is 32.5 Å². The van der Waals surface area contributed by atoms with Crippen LogP contribution in [0.15, 0.2) is 17.3 Å². The summed E-state index contributed by atoms with van der Waals surface area (Å²) in [5.74, 6) is 1.89. The molecule has 4 aliphatic rings. The van der Waals surface area contributed by atoms with Crippen molar-refractivity contribution in [3.8, 4) is 0 Å². The summed E-state index contributed by atoms with van der Waals surface area (Å²) < 4.78 is 33.3. The summed E-state index contributed by atoms with van der Waals surface area (Å²) in [4.78, 5) is 20.5. The van der Waals surface area contributed by atoms with Gasteiger partial charge in [0.1, 0.15) is 21.9 Å². The molecule has 45 heavy (non-hydrogen) atoms. The number of anilines is 3. The fourth-order valence-corrected chi connectivity index (χ4v) is 6.18. The predicted molar refractivity (Wildman–Crippen MR) is 178 cm³/mol. The van der Waals surface area contributed by atoms with E-state index in [0.717, 1.165) is 63.7 Å². The zero-order valence-electron chi connectivity index (χ0n) is 25.4. The van der Waals surface area contributed by atoms with Crippen LogP contribution in [0.5, 0.6) is 0 Å². The number of aliphatic hydroxyl groups is 1. The first-order valence-corrected chi connectivity index (χ1v) is 17.5. The maximum atomic E-state index is 11.4. The molecule has 2 aliphatic carbocycles. The lowest BCUT2D eigenvalue weighted by molar-refractivity contribution is 0.122. The average molecular weight is 713 g/mol. The number of hydrogen-bond donors (Lipinski definition) is 4. The quantitative estimate of drug-likeness (QED) is 0.259. The Bertz CT molecular complexity index is 1310. The minimum absolute atomic E-state index is 0. The van der Waals surface area contributed by atoms with Crippen LogP contribution in [0.25, 0.3) is 0 Å². The van der Waals surface area contributed by atoms with Crippen molar-refractivity contribution in [2.75, 3.05) is 74.0 Å². The van der Waals surface area contributed by atoms with E-state index in [1.807, 2.05) is 4.90 Å². The van der Waals surface area contributed by atoms with E-state index in [4.69, 9.17) is 44.1 Å². The molecule has 14 nitrogen and oxygen atoms in total. The second kappa shape index (κ2) is 17.9. The summed E-state index contributed by atoms with van der Waals surface area (Å²) in [5.41, 5.74) is 11.1. The highest BCUT2D eigenvalue weighted by Gasteiger charge is 2.24. The van der Waals surface area contributed by atoms with Crippen molar-refractivity contribution >= 4 is 63.0 Å². The average Bonchev–Trinajstić information content (AvgIpc) is 3.59. The van der Waals surface area contributed by atoms with E-state index in [2.05, 4.69) is 30.2 Å². The van der Waals surface area contributed by atoms with Crippen molar-refractivity contribution in [2.45, 2.75) is 67.9 Å². The van der Waals surface area contributed by atoms with Crippen LogP contribution in [-0.4, -0.2) is 117 Å². The molecule has 2 saturated carbocycles. The largest absolute Gasteiger partial charge is 0.393 e. The van der Waals surface area contributed by atoms with Crippen LogP contribution < -0.4 is 26.6 Å². The minimum atomic E-state index is -3.45. The lowest BCUT2D eigenvalue weighted by atomic mass is 10.2. The Morgan fingerprint density at radius 2 is 1.33 bits per heavy atom. The highest BCUT2D eigenvalue weighted by atomic mass is 35.5. The first-order valence-electron chi connectivity index (χ1n) is 14.9. The molecule has 254 valence electrons. The van der Waals surface area contributed by atoms with Crippen molar-refractivity contribution in [3.05, 3.63) is 22.4 Å². The van der Waals surface area contributed by atoms with Crippen LogP contribution >= 0.6 is 35.6 Å². The van der Waals surface area contributed by atoms with E-state index >= 15 is 0 Å². The Hall–Kier alpha value is -1.82. The molecular weight excluding hydrogens is 669 g/mol. The van der Waals surface area contributed by atoms with E-state index in [9.17, 15) is 13.5 Å². The maximum Gasteiger partial charge on any atom is 0.250 e. The van der Waals surface area contributed by atoms with Gasteiger partial charge in [0.2, 0.25) is 20.9 Å². The zero-order valence-corrected chi connectivity index (χ0v) is 28.5. The zero-order chi connectivity index (χ0) is 31.7. The van der Waals surface area contributed by atoms with Gasteiger partial charge in [-0.15, -0.1) is 12.4 Å². The van der Waals surface area contributed by atoms with Crippen LogP contribution in [-0.2, 0) is 19.3 Å². The number of halogens is 3. The van der Waals surface area contributed by atoms with E-state index in [1.165, 1.54) is 0 Å². The number of sulfone groups is 1. The van der Waals surface area contributed by atoms with E-state index < -0.39 is 9.84 Å². The number of nitrogens with zero attached hydrogens (tertiary/aromatic N) is 6. The van der Waals surface area contributed by atoms with Crippen LogP contribution in [0.1, 0.15) is 38.5 Å². The predicted octanol–water partition coefficient (Wildman–Crippen LogP) is 1.91. The molecule has 0 radical (unpaired) electrons. The summed E-state index contributed by atoms with van der Waals surface area (Å²) >= 11 is 11.9. The summed E-state index contributed by atoms with van der Waals surface area (Å²) in [5, 5.41) is 13.1. The molecule has 2 aromatic heterocycles. The summed E-state index contributed by atoms with van der Waals surface area (Å²) in [6, 6.07) is 4.36. The summed E-state index contributed by atoms with van der Waals surface area (Å²) in [6.07, 6.45) is 6.62. The standard InChI is InChI=1S/C13H19ClN4O2.C9H12ClN3O3S.C5H12N2.ClH/c14-11-8-12(18-3-5-20-6-4-18)17-13(16-11)15-9-1-2-10(19)7-9;1-17(14,15)9-11-7(10)6-8(12-9)13-2-4-16-5-3-13;6-4-1-2-5(7)3-4;/h8-10,19H,1-7H2,(H,15,16,17);6H,2-5H2,1H3;4-5H,1-3,6-7H2;1H. The molecule has 6 N–H and O–H groups in total. The fourth-order valence-electron chi connectivity index (χ4n) is 5.25. The number of ether oxygens (including phenoxy) is 2. The van der Waals surface area contributed by atoms with Crippen LogP contribution in [0.4, 0.5) is 17.6 Å². The second-order valence-electron chi connectivity index (χ2n) is 11.3. The molecule has 4 unspecified atom stereocenters. The van der Waals surface area contributed by atoms with Crippen molar-refractivity contribution in [2.24, 2.45) is 11.5 Å². The molecule has 0 bridgehead atoms. The van der Waals surface area contributed by atoms with Crippen LogP contribution in [0, 0.1) is 0 Å². The van der Waals surface area contributed by atoms with Gasteiger partial charge in [-0.1, -0.05) is 23.2 Å². The van der Waals surface area contributed by atoms with Gasteiger partial charge in [-0.05, 0) is 38.5 Å². The highest BCUT2D eigenvalue weighted by Crippen LogP contribution is 2.24. The van der Waals surface area contributed by atoms with Crippen molar-refractivity contribution in [3.63, 3.8) is 0 Å². The van der Waals surface area contributed by atoms with Gasteiger partial charge in [0.25, 0.3) is 0 Å². The maximum absolute atomic E-state index is 11.4. The SMILES string of the molecule is CS(=O)(=O)c1nc(Cl)cc(N2CCOCC2)n1.Cl.NC1CCC(N)C1.OC1CCC(Nc2nc(Cl)cc(N3CCOCC3)n2)C1. The smallest absolute Gasteiger partial charge is 0.250 e. The molecule has 2 aliphatic heterocycles. The van der Waals surface area contributed by atoms with E-state index in [1.54, 1.807) is 12.1 Å². The molecular formula is C27H44Cl3N9O5S. The Morgan fingerprint density at radius 1 is 0.822 bits per heavy atom. The van der Waals surface area contributed by atoms with Crippen molar-refractivity contribution in [1.29, 1.82) is 0 Å². The molecule has 4 fully saturated rings. The number of morpholine rings is 2. The number of nitrogens with two attached hydrogens (primary N) is 2. The first-order chi connectivity index (χ1) is 21.0. The van der Waals surface area contributed by atoms with E-state index in [0.29, 0.717) is 68.5 Å². The van der Waals surface area contributed by atoms with Gasteiger partial charge in [0.15, 0.2) is 0 Å². The Morgan fingerprint density at radius 3 is 1.78 bits per heavy atom. The van der Waals surface area contributed by atoms with Gasteiger partial charge >= 0.3 is 0 Å². The first kappa shape index (κ1) is 37.6. The number of nitrogens with one attached hydrogen (secondary N) is 1. The van der Waals surface area contributed by atoms with Crippen LogP contribution in [0.2, 0.25) is 10.3 Å². The van der Waals surface area contributed by atoms with Crippen molar-refractivity contribution in [1.82, 2.24) is 19.9 Å². The third-order valence-electron chi connectivity index (χ3n) is 7.60. The molecule has 18 heteroatoms. The van der Waals surface area contributed by atoms with Gasteiger partial charge in [-0.3, -0.25) is 0 Å². The van der Waals surface area contributed by atoms with Crippen LogP contribution in [0.3, 0.4) is 0 Å². The molecule has 0 amide bonds. The molecule has 0 aromatic carbocycles. The van der Waals surface area contributed by atoms with Gasteiger partial charge in [-0.2, -0.15) is 4.98 Å². The summed E-state index contributed by atoms with van der Waals surface area (Å²) in [6.45, 7) is 5.56. The van der Waals surface area contributed by atoms with Gasteiger partial charge in [0, 0.05) is 62.7 Å². The molecule has 0 spiro atoms. The molecule has 4 heterocycles. The highest BCUT2D eigenvalue weighted by molar-refractivity contribution is 7.90. The third-order valence-corrected chi connectivity index (χ3v) is 8.83. The van der Waals surface area contributed by atoms with Gasteiger partial charge < -0.3 is 41.2 Å². The number of hydrogen-bond acceptors (Lipinski definition) is 14. The molecule has 2 saturated heterocycles. The minimum Gasteiger partial charge on any atom is -0.393 e. The van der Waals surface area contributed by atoms with E-state index in [-0.39, 0.29) is 34.9 Å². The Balaban J connectivity index is 0.000000201. The third kappa shape index (κ3) is 12.4. The lowest BCUT2D eigenvalue weighted by Crippen LogP contribution is -2.37. The molecule has 2 aromatic rings. The monoisotopic (exact) mass is 711 g/mol. The normalized spacial score (nSPS) is 24.9.